The number of halogens is 1. The molecule has 0 spiro atoms. The first-order valence-corrected chi connectivity index (χ1v) is 7.91. The molecule has 1 atom stereocenters. The molecule has 0 bridgehead atoms. The molecule has 0 fully saturated rings. The smallest absolute Gasteiger partial charge is 0.227 e. The molecule has 2 rings (SSSR count). The lowest BCUT2D eigenvalue weighted by molar-refractivity contribution is -0.125. The summed E-state index contributed by atoms with van der Waals surface area (Å²) in [5.74, 6) is 0.460. The van der Waals surface area contributed by atoms with Crippen molar-refractivity contribution < 1.29 is 14.3 Å². The number of fused-ring (bicyclic) bond motifs is 1. The van der Waals surface area contributed by atoms with Crippen molar-refractivity contribution in [2.75, 3.05) is 18.1 Å². The normalized spacial score (nSPS) is 14.8. The standard InChI is InChI=1S/C16H21ClN2O3/c1-3-11(2)18-15(20)6-7-16(21)19-8-9-22-14-5-4-12(17)10-13(14)19/h4-5,10-11H,3,6-9H2,1-2H3,(H,18,20). The van der Waals surface area contributed by atoms with Crippen LogP contribution in [0.15, 0.2) is 18.2 Å². The summed E-state index contributed by atoms with van der Waals surface area (Å²) in [4.78, 5) is 25.8. The van der Waals surface area contributed by atoms with Crippen LogP contribution >= 0.6 is 11.6 Å². The molecule has 5 nitrogen and oxygen atoms in total. The van der Waals surface area contributed by atoms with Crippen molar-refractivity contribution in [1.29, 1.82) is 0 Å². The van der Waals surface area contributed by atoms with Gasteiger partial charge in [0.05, 0.1) is 12.2 Å². The number of carbonyl (C=O) groups excluding carboxylic acids is 2. The van der Waals surface area contributed by atoms with E-state index in [9.17, 15) is 9.59 Å². The first-order valence-electron chi connectivity index (χ1n) is 7.53. The topological polar surface area (TPSA) is 58.6 Å². The van der Waals surface area contributed by atoms with Gasteiger partial charge in [0.25, 0.3) is 0 Å². The van der Waals surface area contributed by atoms with Gasteiger partial charge in [0.1, 0.15) is 12.4 Å². The third-order valence-corrected chi connectivity index (χ3v) is 3.91. The number of ether oxygens (including phenoxy) is 1. The lowest BCUT2D eigenvalue weighted by atomic mass is 10.2. The van der Waals surface area contributed by atoms with Crippen LogP contribution in [0.1, 0.15) is 33.1 Å². The fraction of sp³-hybridized carbons (Fsp3) is 0.500. The fourth-order valence-corrected chi connectivity index (χ4v) is 2.42. The lowest BCUT2D eigenvalue weighted by Gasteiger charge is -2.29. The van der Waals surface area contributed by atoms with Crippen molar-refractivity contribution in [3.63, 3.8) is 0 Å². The molecule has 6 heteroatoms. The zero-order valence-electron chi connectivity index (χ0n) is 12.9. The van der Waals surface area contributed by atoms with E-state index < -0.39 is 0 Å². The van der Waals surface area contributed by atoms with Crippen molar-refractivity contribution >= 4 is 29.1 Å². The minimum Gasteiger partial charge on any atom is -0.490 e. The summed E-state index contributed by atoms with van der Waals surface area (Å²) >= 11 is 5.99. The number of nitrogens with zero attached hydrogens (tertiary/aromatic N) is 1. The first-order chi connectivity index (χ1) is 10.5. The minimum atomic E-state index is -0.0951. The molecule has 1 heterocycles. The van der Waals surface area contributed by atoms with Gasteiger partial charge in [-0.2, -0.15) is 0 Å². The van der Waals surface area contributed by atoms with Gasteiger partial charge < -0.3 is 15.0 Å². The average molecular weight is 325 g/mol. The quantitative estimate of drug-likeness (QED) is 0.906. The van der Waals surface area contributed by atoms with Crippen LogP contribution in [0.4, 0.5) is 5.69 Å². The molecule has 1 aliphatic rings. The second kappa shape index (κ2) is 7.49. The van der Waals surface area contributed by atoms with Gasteiger partial charge in [0.15, 0.2) is 0 Å². The van der Waals surface area contributed by atoms with Crippen molar-refractivity contribution in [3.05, 3.63) is 23.2 Å². The van der Waals surface area contributed by atoms with Crippen LogP contribution < -0.4 is 15.0 Å². The van der Waals surface area contributed by atoms with Gasteiger partial charge in [0.2, 0.25) is 11.8 Å². The van der Waals surface area contributed by atoms with E-state index in [4.69, 9.17) is 16.3 Å². The van der Waals surface area contributed by atoms with Gasteiger partial charge in [-0.15, -0.1) is 0 Å². The maximum atomic E-state index is 12.4. The van der Waals surface area contributed by atoms with Crippen molar-refractivity contribution in [2.45, 2.75) is 39.2 Å². The van der Waals surface area contributed by atoms with E-state index in [1.807, 2.05) is 13.8 Å². The van der Waals surface area contributed by atoms with Gasteiger partial charge in [0, 0.05) is 23.9 Å². The van der Waals surface area contributed by atoms with Crippen LogP contribution in [0.2, 0.25) is 5.02 Å². The van der Waals surface area contributed by atoms with Crippen LogP contribution in [0.5, 0.6) is 5.75 Å². The van der Waals surface area contributed by atoms with Gasteiger partial charge in [-0.3, -0.25) is 9.59 Å². The summed E-state index contributed by atoms with van der Waals surface area (Å²) < 4.78 is 5.52. The molecule has 0 saturated heterocycles. The van der Waals surface area contributed by atoms with Crippen molar-refractivity contribution in [1.82, 2.24) is 5.32 Å². The summed E-state index contributed by atoms with van der Waals surface area (Å²) in [6.45, 7) is 4.86. The summed E-state index contributed by atoms with van der Waals surface area (Å²) in [5, 5.41) is 3.41. The number of hydrogen-bond acceptors (Lipinski definition) is 3. The molecule has 1 unspecified atom stereocenters. The zero-order chi connectivity index (χ0) is 16.1. The highest BCUT2D eigenvalue weighted by atomic mass is 35.5. The van der Waals surface area contributed by atoms with E-state index in [0.717, 1.165) is 6.42 Å². The summed E-state index contributed by atoms with van der Waals surface area (Å²) in [6, 6.07) is 5.33. The van der Waals surface area contributed by atoms with E-state index in [1.165, 1.54) is 0 Å². The Kier molecular flexibility index (Phi) is 5.66. The third-order valence-electron chi connectivity index (χ3n) is 3.67. The molecule has 1 N–H and O–H groups in total. The SMILES string of the molecule is CCC(C)NC(=O)CCC(=O)N1CCOc2ccc(Cl)cc21. The molecule has 0 radical (unpaired) electrons. The Labute approximate surface area is 135 Å². The van der Waals surface area contributed by atoms with Gasteiger partial charge in [-0.1, -0.05) is 18.5 Å². The summed E-state index contributed by atoms with van der Waals surface area (Å²) in [6.07, 6.45) is 1.24. The molecule has 22 heavy (non-hydrogen) atoms. The van der Waals surface area contributed by atoms with Crippen LogP contribution in [0, 0.1) is 0 Å². The molecule has 0 aromatic heterocycles. The van der Waals surface area contributed by atoms with E-state index in [0.29, 0.717) is 29.6 Å². The molecule has 0 aliphatic carbocycles. The number of benzene rings is 1. The largest absolute Gasteiger partial charge is 0.490 e. The second-order valence-electron chi connectivity index (χ2n) is 5.38. The second-order valence-corrected chi connectivity index (χ2v) is 5.82. The van der Waals surface area contributed by atoms with Crippen LogP contribution in [-0.2, 0) is 9.59 Å². The van der Waals surface area contributed by atoms with Gasteiger partial charge in [-0.25, -0.2) is 0 Å². The number of rotatable bonds is 5. The van der Waals surface area contributed by atoms with E-state index in [2.05, 4.69) is 5.32 Å². The Morgan fingerprint density at radius 3 is 2.91 bits per heavy atom. The number of carbonyl (C=O) groups is 2. The molecule has 1 aliphatic heterocycles. The van der Waals surface area contributed by atoms with Crippen LogP contribution in [0.3, 0.4) is 0 Å². The van der Waals surface area contributed by atoms with Crippen molar-refractivity contribution in [3.8, 4) is 5.75 Å². The Hall–Kier alpha value is -1.75. The number of amides is 2. The number of hydrogen-bond donors (Lipinski definition) is 1. The molecular formula is C16H21ClN2O3. The zero-order valence-corrected chi connectivity index (χ0v) is 13.7. The van der Waals surface area contributed by atoms with Gasteiger partial charge in [-0.05, 0) is 31.5 Å². The predicted molar refractivity (Wildman–Crippen MR) is 86.4 cm³/mol. The van der Waals surface area contributed by atoms with Crippen LogP contribution in [0.25, 0.3) is 0 Å². The Morgan fingerprint density at radius 2 is 2.18 bits per heavy atom. The first kappa shape index (κ1) is 16.6. The predicted octanol–water partition coefficient (Wildman–Crippen LogP) is 2.76. The molecule has 2 amide bonds. The van der Waals surface area contributed by atoms with Crippen LogP contribution in [-0.4, -0.2) is 31.0 Å². The highest BCUT2D eigenvalue weighted by Crippen LogP contribution is 2.34. The maximum Gasteiger partial charge on any atom is 0.227 e. The average Bonchev–Trinajstić information content (AvgIpc) is 2.51. The van der Waals surface area contributed by atoms with Crippen molar-refractivity contribution in [2.24, 2.45) is 0 Å². The Morgan fingerprint density at radius 1 is 1.41 bits per heavy atom. The monoisotopic (exact) mass is 324 g/mol. The number of anilines is 1. The Balaban J connectivity index is 1.97. The van der Waals surface area contributed by atoms with Gasteiger partial charge >= 0.3 is 0 Å². The summed E-state index contributed by atoms with van der Waals surface area (Å²) in [5.41, 5.74) is 0.672. The fourth-order valence-electron chi connectivity index (χ4n) is 2.25. The Bertz CT molecular complexity index is 562. The third kappa shape index (κ3) is 4.13. The molecule has 120 valence electrons. The minimum absolute atomic E-state index is 0.0916. The van der Waals surface area contributed by atoms with E-state index >= 15 is 0 Å². The highest BCUT2D eigenvalue weighted by Gasteiger charge is 2.24. The summed E-state index contributed by atoms with van der Waals surface area (Å²) in [7, 11) is 0. The molecular weight excluding hydrogens is 304 g/mol. The van der Waals surface area contributed by atoms with E-state index in [-0.39, 0.29) is 30.7 Å². The maximum absolute atomic E-state index is 12.4. The lowest BCUT2D eigenvalue weighted by Crippen LogP contribution is -2.39. The number of nitrogens with one attached hydrogen (secondary N) is 1. The highest BCUT2D eigenvalue weighted by molar-refractivity contribution is 6.31. The molecule has 1 aromatic carbocycles. The van der Waals surface area contributed by atoms with E-state index in [1.54, 1.807) is 23.1 Å². The molecule has 0 saturated carbocycles. The molecule has 1 aromatic rings.